The molecule has 2 unspecified atom stereocenters. The van der Waals surface area contributed by atoms with Crippen molar-refractivity contribution in [2.45, 2.75) is 38.3 Å². The summed E-state index contributed by atoms with van der Waals surface area (Å²) in [7, 11) is 0. The molecule has 1 N–H and O–H groups in total. The van der Waals surface area contributed by atoms with E-state index in [1.807, 2.05) is 11.8 Å². The van der Waals surface area contributed by atoms with Crippen LogP contribution in [0.2, 0.25) is 0 Å². The van der Waals surface area contributed by atoms with Gasteiger partial charge in [-0.15, -0.1) is 0 Å². The summed E-state index contributed by atoms with van der Waals surface area (Å²) in [6.45, 7) is 5.27. The van der Waals surface area contributed by atoms with Crippen LogP contribution in [0.3, 0.4) is 0 Å². The number of anilines is 2. The smallest absolute Gasteiger partial charge is 0.134 e. The van der Waals surface area contributed by atoms with Crippen LogP contribution < -0.4 is 10.2 Å². The highest BCUT2D eigenvalue weighted by molar-refractivity contribution is 7.99. The molecule has 2 fully saturated rings. The summed E-state index contributed by atoms with van der Waals surface area (Å²) in [6, 6.07) is 2.44. The molecule has 116 valence electrons. The highest BCUT2D eigenvalue weighted by atomic mass is 32.2. The predicted molar refractivity (Wildman–Crippen MR) is 88.2 cm³/mol. The average Bonchev–Trinajstić information content (AvgIpc) is 3.01. The first-order valence-corrected chi connectivity index (χ1v) is 8.99. The second-order valence-corrected chi connectivity index (χ2v) is 7.00. The van der Waals surface area contributed by atoms with Crippen molar-refractivity contribution in [3.05, 3.63) is 12.4 Å². The lowest BCUT2D eigenvalue weighted by Gasteiger charge is -2.27. The Morgan fingerprint density at radius 1 is 1.43 bits per heavy atom. The van der Waals surface area contributed by atoms with Gasteiger partial charge in [-0.25, -0.2) is 9.97 Å². The van der Waals surface area contributed by atoms with Crippen LogP contribution >= 0.6 is 11.8 Å². The first-order chi connectivity index (χ1) is 10.3. The second-order valence-electron chi connectivity index (χ2n) is 5.78. The van der Waals surface area contributed by atoms with Crippen molar-refractivity contribution in [3.8, 4) is 0 Å². The monoisotopic (exact) mass is 308 g/mol. The van der Waals surface area contributed by atoms with E-state index in [-0.39, 0.29) is 0 Å². The fourth-order valence-corrected chi connectivity index (χ4v) is 3.83. The second kappa shape index (κ2) is 7.31. The Labute approximate surface area is 130 Å². The molecule has 2 saturated heterocycles. The zero-order valence-corrected chi connectivity index (χ0v) is 13.4. The Bertz CT molecular complexity index is 447. The van der Waals surface area contributed by atoms with Crippen molar-refractivity contribution in [2.24, 2.45) is 0 Å². The van der Waals surface area contributed by atoms with Gasteiger partial charge in [-0.2, -0.15) is 11.8 Å². The lowest BCUT2D eigenvalue weighted by atomic mass is 10.1. The molecule has 2 atom stereocenters. The molecular formula is C15H24N4OS. The van der Waals surface area contributed by atoms with Gasteiger partial charge in [0.05, 0.1) is 6.10 Å². The molecule has 3 heterocycles. The van der Waals surface area contributed by atoms with Gasteiger partial charge in [-0.1, -0.05) is 0 Å². The molecule has 2 aliphatic rings. The predicted octanol–water partition coefficient (Wildman–Crippen LogP) is 2.40. The van der Waals surface area contributed by atoms with E-state index in [0.717, 1.165) is 37.8 Å². The highest BCUT2D eigenvalue weighted by Crippen LogP contribution is 2.21. The molecule has 1 aromatic rings. The molecule has 5 nitrogen and oxygen atoms in total. The Morgan fingerprint density at radius 2 is 2.29 bits per heavy atom. The molecule has 6 heteroatoms. The van der Waals surface area contributed by atoms with Crippen LogP contribution in [-0.4, -0.2) is 53.3 Å². The van der Waals surface area contributed by atoms with Crippen molar-refractivity contribution in [1.29, 1.82) is 0 Å². The normalized spacial score (nSPS) is 24.0. The van der Waals surface area contributed by atoms with Crippen molar-refractivity contribution in [3.63, 3.8) is 0 Å². The number of hydrogen-bond acceptors (Lipinski definition) is 6. The summed E-state index contributed by atoms with van der Waals surface area (Å²) in [6.07, 6.45) is 5.50. The first-order valence-electron chi connectivity index (χ1n) is 7.84. The molecule has 21 heavy (non-hydrogen) atoms. The number of nitrogens with zero attached hydrogens (tertiary/aromatic N) is 3. The Morgan fingerprint density at radius 3 is 3.05 bits per heavy atom. The number of rotatable bonds is 5. The van der Waals surface area contributed by atoms with Crippen LogP contribution in [0.4, 0.5) is 11.6 Å². The maximum atomic E-state index is 5.70. The Balaban J connectivity index is 1.57. The summed E-state index contributed by atoms with van der Waals surface area (Å²) >= 11 is 2.01. The first kappa shape index (κ1) is 14.9. The van der Waals surface area contributed by atoms with Crippen LogP contribution in [0.5, 0.6) is 0 Å². The van der Waals surface area contributed by atoms with Crippen LogP contribution in [0, 0.1) is 0 Å². The third-order valence-corrected chi connectivity index (χ3v) is 4.96. The van der Waals surface area contributed by atoms with Gasteiger partial charge >= 0.3 is 0 Å². The van der Waals surface area contributed by atoms with Crippen LogP contribution in [0.15, 0.2) is 12.4 Å². The molecule has 0 aliphatic carbocycles. The molecule has 0 spiro atoms. The van der Waals surface area contributed by atoms with E-state index in [2.05, 4.69) is 33.2 Å². The molecule has 0 bridgehead atoms. The van der Waals surface area contributed by atoms with Gasteiger partial charge < -0.3 is 15.0 Å². The van der Waals surface area contributed by atoms with Crippen LogP contribution in [0.25, 0.3) is 0 Å². The highest BCUT2D eigenvalue weighted by Gasteiger charge is 2.19. The summed E-state index contributed by atoms with van der Waals surface area (Å²) in [4.78, 5) is 11.1. The number of thioether (sulfide) groups is 1. The maximum absolute atomic E-state index is 5.70. The summed E-state index contributed by atoms with van der Waals surface area (Å²) in [5, 5.41) is 3.49. The van der Waals surface area contributed by atoms with Crippen molar-refractivity contribution in [1.82, 2.24) is 9.97 Å². The van der Waals surface area contributed by atoms with Gasteiger partial charge in [-0.05, 0) is 26.2 Å². The van der Waals surface area contributed by atoms with Crippen LogP contribution in [-0.2, 0) is 4.74 Å². The molecular weight excluding hydrogens is 284 g/mol. The van der Waals surface area contributed by atoms with E-state index in [9.17, 15) is 0 Å². The van der Waals surface area contributed by atoms with Gasteiger partial charge in [0, 0.05) is 43.3 Å². The average molecular weight is 308 g/mol. The third-order valence-electron chi connectivity index (χ3n) is 4.02. The molecule has 0 saturated carbocycles. The van der Waals surface area contributed by atoms with Crippen molar-refractivity contribution >= 4 is 23.4 Å². The Kier molecular flexibility index (Phi) is 5.19. The number of ether oxygens (including phenoxy) is 1. The quantitative estimate of drug-likeness (QED) is 0.901. The minimum absolute atomic E-state index is 0.368. The van der Waals surface area contributed by atoms with Crippen molar-refractivity contribution < 1.29 is 4.74 Å². The van der Waals surface area contributed by atoms with E-state index in [4.69, 9.17) is 4.74 Å². The van der Waals surface area contributed by atoms with E-state index in [0.29, 0.717) is 12.1 Å². The molecule has 2 aliphatic heterocycles. The molecule has 0 radical (unpaired) electrons. The maximum Gasteiger partial charge on any atom is 0.134 e. The van der Waals surface area contributed by atoms with Gasteiger partial charge in [0.1, 0.15) is 18.0 Å². The summed E-state index contributed by atoms with van der Waals surface area (Å²) in [5.74, 6) is 4.32. The van der Waals surface area contributed by atoms with E-state index in [1.54, 1.807) is 6.33 Å². The molecule has 3 rings (SSSR count). The van der Waals surface area contributed by atoms with Gasteiger partial charge in [0.2, 0.25) is 0 Å². The fourth-order valence-electron chi connectivity index (χ4n) is 2.93. The van der Waals surface area contributed by atoms with E-state index >= 15 is 0 Å². The van der Waals surface area contributed by atoms with Gasteiger partial charge in [-0.3, -0.25) is 0 Å². The molecule has 1 aromatic heterocycles. The lowest BCUT2D eigenvalue weighted by Crippen LogP contribution is -2.33. The summed E-state index contributed by atoms with van der Waals surface area (Å²) in [5.41, 5.74) is 0. The van der Waals surface area contributed by atoms with Crippen LogP contribution in [0.1, 0.15) is 26.2 Å². The van der Waals surface area contributed by atoms with E-state index in [1.165, 1.54) is 24.3 Å². The van der Waals surface area contributed by atoms with Crippen molar-refractivity contribution in [2.75, 3.05) is 41.4 Å². The largest absolute Gasteiger partial charge is 0.378 e. The van der Waals surface area contributed by atoms with Gasteiger partial charge in [0.15, 0.2) is 0 Å². The number of aromatic nitrogens is 2. The lowest BCUT2D eigenvalue weighted by molar-refractivity contribution is 0.101. The zero-order chi connectivity index (χ0) is 14.5. The standard InChI is InChI=1S/C15H24N4OS/c1-12(9-13-3-2-6-20-13)18-14-10-15(17-11-16-14)19-4-7-21-8-5-19/h10-13H,2-9H2,1H3,(H,16,17,18). The number of nitrogens with one attached hydrogen (secondary N) is 1. The number of hydrogen-bond donors (Lipinski definition) is 1. The summed E-state index contributed by atoms with van der Waals surface area (Å²) < 4.78 is 5.70. The topological polar surface area (TPSA) is 50.3 Å². The minimum Gasteiger partial charge on any atom is -0.378 e. The molecule has 0 aromatic carbocycles. The Hall–Kier alpha value is -1.01. The zero-order valence-electron chi connectivity index (χ0n) is 12.6. The fraction of sp³-hybridized carbons (Fsp3) is 0.733. The van der Waals surface area contributed by atoms with E-state index < -0.39 is 0 Å². The molecule has 0 amide bonds. The minimum atomic E-state index is 0.368. The van der Waals surface area contributed by atoms with Gasteiger partial charge in [0.25, 0.3) is 0 Å². The third kappa shape index (κ3) is 4.23. The SMILES string of the molecule is CC(CC1CCCO1)Nc1cc(N2CCSCC2)ncn1.